The van der Waals surface area contributed by atoms with E-state index in [1.54, 1.807) is 11.4 Å². The lowest BCUT2D eigenvalue weighted by Gasteiger charge is -2.25. The lowest BCUT2D eigenvalue weighted by Crippen LogP contribution is -2.41. The largest absolute Gasteiger partial charge is 0.445 e. The maximum absolute atomic E-state index is 11.6. The maximum atomic E-state index is 11.6. The Balaban J connectivity index is 1.79. The molecule has 84 valence electrons. The third-order valence-electron chi connectivity index (χ3n) is 2.39. The molecule has 1 saturated heterocycles. The summed E-state index contributed by atoms with van der Waals surface area (Å²) >= 11 is 0. The van der Waals surface area contributed by atoms with E-state index in [2.05, 4.69) is 5.32 Å². The number of hydrogen-bond acceptors (Lipinski definition) is 2. The number of ether oxygens (including phenoxy) is 1. The molecule has 2 rings (SSSR count). The second kappa shape index (κ2) is 5.51. The minimum absolute atomic E-state index is 0.269. The van der Waals surface area contributed by atoms with Crippen LogP contribution in [0.2, 0.25) is 0 Å². The van der Waals surface area contributed by atoms with Crippen molar-refractivity contribution in [2.24, 2.45) is 0 Å². The number of benzene rings is 1. The molecule has 0 atom stereocenters. The topological polar surface area (TPSA) is 43.6 Å². The molecule has 0 bridgehead atoms. The Hall–Kier alpha value is -1.55. The molecule has 4 heteroatoms. The van der Waals surface area contributed by atoms with Gasteiger partial charge in [0.1, 0.15) is 6.61 Å². The van der Waals surface area contributed by atoms with E-state index in [1.165, 1.54) is 0 Å². The van der Waals surface area contributed by atoms with Crippen LogP contribution < -0.4 is 5.32 Å². The van der Waals surface area contributed by atoms with Gasteiger partial charge in [-0.05, 0) is 5.56 Å². The number of piperazine rings is 1. The molecule has 4 nitrogen and oxygen atoms in total. The Labute approximate surface area is 95.2 Å². The smallest absolute Gasteiger partial charge is 0.410 e. The van der Waals surface area contributed by atoms with Crippen molar-refractivity contribution in [3.63, 3.8) is 0 Å². The van der Waals surface area contributed by atoms with Gasteiger partial charge in [-0.15, -0.1) is 0 Å². The fourth-order valence-electron chi connectivity index (χ4n) is 1.49. The molecule has 1 aromatic carbocycles. The molecule has 0 aliphatic carbocycles. The molecule has 1 aromatic rings. The third-order valence-corrected chi connectivity index (χ3v) is 2.39. The Morgan fingerprint density at radius 3 is 2.88 bits per heavy atom. The Bertz CT molecular complexity index is 334. The molecular weight excluding hydrogens is 204 g/mol. The normalized spacial score (nSPS) is 15.9. The van der Waals surface area contributed by atoms with Gasteiger partial charge in [-0.25, -0.2) is 10.1 Å². The van der Waals surface area contributed by atoms with Crippen molar-refractivity contribution >= 4 is 6.09 Å². The Kier molecular flexibility index (Phi) is 3.77. The van der Waals surface area contributed by atoms with E-state index < -0.39 is 0 Å². The number of nitrogens with zero attached hydrogens (tertiary/aromatic N) is 2. The van der Waals surface area contributed by atoms with Crippen molar-refractivity contribution in [1.29, 1.82) is 0 Å². The Morgan fingerprint density at radius 2 is 2.19 bits per heavy atom. The lowest BCUT2D eigenvalue weighted by atomic mass is 10.2. The first kappa shape index (κ1) is 11.0. The van der Waals surface area contributed by atoms with Crippen LogP contribution in [0.15, 0.2) is 30.3 Å². The van der Waals surface area contributed by atoms with E-state index >= 15 is 0 Å². The second-order valence-electron chi connectivity index (χ2n) is 3.57. The highest BCUT2D eigenvalue weighted by Crippen LogP contribution is 2.04. The highest BCUT2D eigenvalue weighted by Gasteiger charge is 2.17. The molecule has 0 aromatic heterocycles. The molecule has 0 unspecified atom stereocenters. The van der Waals surface area contributed by atoms with Crippen LogP contribution in [0.1, 0.15) is 5.56 Å². The van der Waals surface area contributed by atoms with Crippen LogP contribution in [0, 0.1) is 6.54 Å². The standard InChI is InChI=1S/C12H14N2O2/c15-12(14-8-6-13-7-9-14)16-10-11-4-2-1-3-5-11/h1-6H,7-10H2. The van der Waals surface area contributed by atoms with Crippen LogP contribution in [0.4, 0.5) is 4.79 Å². The fraction of sp³-hybridized carbons (Fsp3) is 0.333. The first-order chi connectivity index (χ1) is 7.86. The van der Waals surface area contributed by atoms with Gasteiger partial charge in [-0.1, -0.05) is 30.3 Å². The zero-order chi connectivity index (χ0) is 11.2. The summed E-state index contributed by atoms with van der Waals surface area (Å²) in [6, 6.07) is 9.66. The molecule has 1 heterocycles. The maximum Gasteiger partial charge on any atom is 0.410 e. The molecule has 16 heavy (non-hydrogen) atoms. The van der Waals surface area contributed by atoms with Crippen molar-refractivity contribution in [3.05, 3.63) is 42.4 Å². The van der Waals surface area contributed by atoms with Crippen molar-refractivity contribution in [3.8, 4) is 0 Å². The van der Waals surface area contributed by atoms with Crippen molar-refractivity contribution in [2.45, 2.75) is 6.61 Å². The number of carbonyl (C=O) groups excluding carboxylic acids is 1. The highest BCUT2D eigenvalue weighted by atomic mass is 16.6. The van der Waals surface area contributed by atoms with Gasteiger partial charge in [0.05, 0.1) is 6.54 Å². The predicted molar refractivity (Wildman–Crippen MR) is 59.5 cm³/mol. The summed E-state index contributed by atoms with van der Waals surface area (Å²) in [5.74, 6) is 0. The Morgan fingerprint density at radius 1 is 1.38 bits per heavy atom. The quantitative estimate of drug-likeness (QED) is 0.753. The number of hydrogen-bond donors (Lipinski definition) is 0. The van der Waals surface area contributed by atoms with Crippen LogP contribution in [-0.4, -0.2) is 30.6 Å². The van der Waals surface area contributed by atoms with E-state index in [4.69, 9.17) is 4.74 Å². The van der Waals surface area contributed by atoms with Crippen LogP contribution >= 0.6 is 0 Å². The van der Waals surface area contributed by atoms with E-state index in [-0.39, 0.29) is 6.09 Å². The van der Waals surface area contributed by atoms with Crippen molar-refractivity contribution in [1.82, 2.24) is 10.2 Å². The molecule has 1 aliphatic heterocycles. The second-order valence-corrected chi connectivity index (χ2v) is 3.57. The summed E-state index contributed by atoms with van der Waals surface area (Å²) in [5.41, 5.74) is 1.00. The van der Waals surface area contributed by atoms with E-state index in [0.29, 0.717) is 26.2 Å². The SMILES string of the molecule is O=C(OCc1ccccc1)N1C[CH][N]CC1. The molecule has 1 amide bonds. The highest BCUT2D eigenvalue weighted by molar-refractivity contribution is 5.67. The van der Waals surface area contributed by atoms with Crippen molar-refractivity contribution < 1.29 is 9.53 Å². The van der Waals surface area contributed by atoms with Gasteiger partial charge in [-0.3, -0.25) is 0 Å². The molecule has 1 aliphatic rings. The monoisotopic (exact) mass is 218 g/mol. The van der Waals surface area contributed by atoms with E-state index in [0.717, 1.165) is 5.56 Å². The molecule has 1 fully saturated rings. The minimum atomic E-state index is -0.269. The van der Waals surface area contributed by atoms with Gasteiger partial charge < -0.3 is 9.64 Å². The third kappa shape index (κ3) is 2.97. The summed E-state index contributed by atoms with van der Waals surface area (Å²) in [6.07, 6.45) is -0.269. The predicted octanol–water partition coefficient (Wildman–Crippen LogP) is 1.40. The zero-order valence-electron chi connectivity index (χ0n) is 9.00. The average Bonchev–Trinajstić information content (AvgIpc) is 2.38. The van der Waals surface area contributed by atoms with Crippen LogP contribution in [0.25, 0.3) is 0 Å². The number of amides is 1. The summed E-state index contributed by atoms with van der Waals surface area (Å²) in [6.45, 7) is 3.93. The first-order valence-corrected chi connectivity index (χ1v) is 5.30. The molecule has 0 spiro atoms. The van der Waals surface area contributed by atoms with Gasteiger partial charge in [0.15, 0.2) is 0 Å². The van der Waals surface area contributed by atoms with Crippen LogP contribution in [-0.2, 0) is 11.3 Å². The summed E-state index contributed by atoms with van der Waals surface area (Å²) < 4.78 is 5.19. The van der Waals surface area contributed by atoms with Gasteiger partial charge in [-0.2, -0.15) is 0 Å². The molecule has 2 radical (unpaired) electrons. The van der Waals surface area contributed by atoms with Gasteiger partial charge in [0.25, 0.3) is 0 Å². The molecule has 0 saturated carbocycles. The van der Waals surface area contributed by atoms with Crippen molar-refractivity contribution in [2.75, 3.05) is 19.6 Å². The summed E-state index contributed by atoms with van der Waals surface area (Å²) in [7, 11) is 0. The van der Waals surface area contributed by atoms with Gasteiger partial charge in [0.2, 0.25) is 0 Å². The van der Waals surface area contributed by atoms with Crippen LogP contribution in [0.5, 0.6) is 0 Å². The van der Waals surface area contributed by atoms with E-state index in [9.17, 15) is 4.79 Å². The summed E-state index contributed by atoms with van der Waals surface area (Å²) in [5, 5.41) is 4.05. The zero-order valence-corrected chi connectivity index (χ0v) is 9.00. The first-order valence-electron chi connectivity index (χ1n) is 5.30. The van der Waals surface area contributed by atoms with Gasteiger partial charge >= 0.3 is 6.09 Å². The number of carbonyl (C=O) groups is 1. The molecular formula is C12H14N2O2. The number of rotatable bonds is 2. The lowest BCUT2D eigenvalue weighted by molar-refractivity contribution is 0.0950. The van der Waals surface area contributed by atoms with Gasteiger partial charge in [0, 0.05) is 19.6 Å². The minimum Gasteiger partial charge on any atom is -0.445 e. The van der Waals surface area contributed by atoms with E-state index in [1.807, 2.05) is 30.3 Å². The fourth-order valence-corrected chi connectivity index (χ4v) is 1.49. The van der Waals surface area contributed by atoms with Crippen LogP contribution in [0.3, 0.4) is 0 Å². The molecule has 0 N–H and O–H groups in total. The average molecular weight is 218 g/mol. The summed E-state index contributed by atoms with van der Waals surface area (Å²) in [4.78, 5) is 13.3.